The zero-order chi connectivity index (χ0) is 21.4. The van der Waals surface area contributed by atoms with Crippen molar-refractivity contribution in [1.82, 2.24) is 15.4 Å². The SMILES string of the molecule is CS(=O)(=O)NCC1CSC2=C1S(=O)(=O)N=C(C1=C(O)C3C4C=CC(C4)C3NC1=O)N2. The van der Waals surface area contributed by atoms with E-state index >= 15 is 0 Å². The molecule has 5 rings (SSSR count). The molecular weight excluding hydrogens is 452 g/mol. The largest absolute Gasteiger partial charge is 0.511 e. The minimum absolute atomic E-state index is 0.00411. The van der Waals surface area contributed by atoms with Crippen molar-refractivity contribution in [3.8, 4) is 0 Å². The van der Waals surface area contributed by atoms with Crippen LogP contribution in [0.15, 0.2) is 37.8 Å². The van der Waals surface area contributed by atoms with Crippen LogP contribution in [0.3, 0.4) is 0 Å². The van der Waals surface area contributed by atoms with Gasteiger partial charge in [-0.3, -0.25) is 4.79 Å². The molecule has 162 valence electrons. The average molecular weight is 473 g/mol. The number of carbonyl (C=O) groups excluding carboxylic acids is 1. The summed E-state index contributed by atoms with van der Waals surface area (Å²) >= 11 is 1.22. The van der Waals surface area contributed by atoms with Gasteiger partial charge in [0.15, 0.2) is 5.84 Å². The minimum atomic E-state index is -4.14. The highest BCUT2D eigenvalue weighted by atomic mass is 32.2. The Bertz CT molecular complexity index is 1180. The zero-order valence-electron chi connectivity index (χ0n) is 15.8. The lowest BCUT2D eigenvalue weighted by Gasteiger charge is -2.34. The molecule has 13 heteroatoms. The normalized spacial score (nSPS) is 36.4. The Labute approximate surface area is 178 Å². The Balaban J connectivity index is 1.48. The summed E-state index contributed by atoms with van der Waals surface area (Å²) in [4.78, 5) is 12.7. The fourth-order valence-corrected chi connectivity index (χ4v) is 8.46. The smallest absolute Gasteiger partial charge is 0.283 e. The van der Waals surface area contributed by atoms with E-state index in [2.05, 4.69) is 19.8 Å². The van der Waals surface area contributed by atoms with Crippen LogP contribution in [-0.4, -0.2) is 58.3 Å². The van der Waals surface area contributed by atoms with Crippen LogP contribution >= 0.6 is 11.8 Å². The topological polar surface area (TPSA) is 154 Å². The van der Waals surface area contributed by atoms with Crippen LogP contribution in [0.5, 0.6) is 0 Å². The maximum atomic E-state index is 12.9. The maximum Gasteiger partial charge on any atom is 0.283 e. The van der Waals surface area contributed by atoms with Crippen molar-refractivity contribution in [1.29, 1.82) is 0 Å². The molecule has 5 aliphatic rings. The summed E-state index contributed by atoms with van der Waals surface area (Å²) in [7, 11) is -7.62. The molecule has 0 spiro atoms. The molecule has 5 atom stereocenters. The van der Waals surface area contributed by atoms with Crippen molar-refractivity contribution in [2.45, 2.75) is 12.5 Å². The second-order valence-electron chi connectivity index (χ2n) is 8.10. The van der Waals surface area contributed by atoms with Gasteiger partial charge in [0, 0.05) is 30.2 Å². The van der Waals surface area contributed by atoms with Gasteiger partial charge in [-0.1, -0.05) is 12.2 Å². The molecule has 30 heavy (non-hydrogen) atoms. The van der Waals surface area contributed by atoms with Crippen molar-refractivity contribution < 1.29 is 26.7 Å². The van der Waals surface area contributed by atoms with Crippen molar-refractivity contribution >= 4 is 43.6 Å². The lowest BCUT2D eigenvalue weighted by atomic mass is 9.82. The number of amidine groups is 1. The molecule has 3 heterocycles. The Hall–Kier alpha value is -1.83. The molecule has 1 saturated carbocycles. The lowest BCUT2D eigenvalue weighted by Crippen LogP contribution is -2.51. The number of hydrogen-bond donors (Lipinski definition) is 4. The van der Waals surface area contributed by atoms with Gasteiger partial charge in [0.2, 0.25) is 10.0 Å². The van der Waals surface area contributed by atoms with Gasteiger partial charge in [-0.2, -0.15) is 8.42 Å². The van der Waals surface area contributed by atoms with Crippen molar-refractivity contribution in [3.05, 3.63) is 33.4 Å². The van der Waals surface area contributed by atoms with Gasteiger partial charge < -0.3 is 15.7 Å². The number of nitrogens with one attached hydrogen (secondary N) is 3. The molecular formula is C17H20N4O6S3. The molecule has 10 nitrogen and oxygen atoms in total. The minimum Gasteiger partial charge on any atom is -0.511 e. The zero-order valence-corrected chi connectivity index (χ0v) is 18.3. The molecule has 1 amide bonds. The van der Waals surface area contributed by atoms with Crippen molar-refractivity contribution in [2.24, 2.45) is 28.1 Å². The van der Waals surface area contributed by atoms with Gasteiger partial charge in [-0.05, 0) is 18.3 Å². The number of thioether (sulfide) groups is 1. The highest BCUT2D eigenvalue weighted by Crippen LogP contribution is 2.49. The molecule has 1 fully saturated rings. The van der Waals surface area contributed by atoms with Crippen LogP contribution in [0.4, 0.5) is 0 Å². The molecule has 0 aromatic carbocycles. The van der Waals surface area contributed by atoms with Crippen LogP contribution < -0.4 is 15.4 Å². The van der Waals surface area contributed by atoms with Gasteiger partial charge in [0.05, 0.1) is 11.3 Å². The third-order valence-corrected chi connectivity index (χ3v) is 9.65. The number of aliphatic hydroxyl groups is 1. The second-order valence-corrected chi connectivity index (χ2v) is 12.5. The van der Waals surface area contributed by atoms with Crippen LogP contribution in [0.25, 0.3) is 0 Å². The van der Waals surface area contributed by atoms with Gasteiger partial charge in [-0.15, -0.1) is 16.2 Å². The van der Waals surface area contributed by atoms with E-state index in [1.807, 2.05) is 12.2 Å². The van der Waals surface area contributed by atoms with E-state index in [4.69, 9.17) is 0 Å². The number of fused-ring (bicyclic) bond motifs is 5. The highest BCUT2D eigenvalue weighted by Gasteiger charge is 2.52. The summed E-state index contributed by atoms with van der Waals surface area (Å²) in [5.74, 6) is -1.15. The predicted molar refractivity (Wildman–Crippen MR) is 111 cm³/mol. The second kappa shape index (κ2) is 6.58. The number of rotatable bonds is 4. The van der Waals surface area contributed by atoms with Crippen LogP contribution in [0.1, 0.15) is 6.42 Å². The van der Waals surface area contributed by atoms with Gasteiger partial charge >= 0.3 is 0 Å². The first kappa shape index (κ1) is 20.1. The summed E-state index contributed by atoms with van der Waals surface area (Å²) < 4.78 is 54.7. The van der Waals surface area contributed by atoms with E-state index < -0.39 is 31.9 Å². The van der Waals surface area contributed by atoms with Crippen molar-refractivity contribution in [2.75, 3.05) is 18.6 Å². The molecule has 3 aliphatic heterocycles. The number of aliphatic hydroxyl groups excluding tert-OH is 1. The van der Waals surface area contributed by atoms with E-state index in [9.17, 15) is 26.7 Å². The van der Waals surface area contributed by atoms with Crippen molar-refractivity contribution in [3.63, 3.8) is 0 Å². The summed E-state index contributed by atoms with van der Waals surface area (Å²) in [6.07, 6.45) is 5.91. The van der Waals surface area contributed by atoms with Gasteiger partial charge in [0.25, 0.3) is 15.9 Å². The quantitative estimate of drug-likeness (QED) is 0.401. The Morgan fingerprint density at radius 2 is 2.07 bits per heavy atom. The Morgan fingerprint density at radius 1 is 1.33 bits per heavy atom. The highest BCUT2D eigenvalue weighted by molar-refractivity contribution is 8.05. The lowest BCUT2D eigenvalue weighted by molar-refractivity contribution is -0.119. The third kappa shape index (κ3) is 3.10. The van der Waals surface area contributed by atoms with Crippen LogP contribution in [-0.2, 0) is 24.8 Å². The number of nitrogens with zero attached hydrogens (tertiary/aromatic N) is 1. The number of carbonyl (C=O) groups is 1. The number of sulfonamides is 2. The number of hydrogen-bond acceptors (Lipinski definition) is 8. The standard InChI is InChI=1S/C17H20N4O6S3/c1-29(24,25)18-5-9-6-28-17-14(9)30(26,27)21-15(20-17)11-13(22)10-7-2-3-8(4-7)12(10)19-16(11)23/h2-3,7-10,12,18,22H,4-6H2,1H3,(H,19,23)(H,20,21). The summed E-state index contributed by atoms with van der Waals surface area (Å²) in [5, 5.41) is 17.0. The fraction of sp³-hybridized carbons (Fsp3) is 0.529. The van der Waals surface area contributed by atoms with E-state index in [0.717, 1.165) is 12.7 Å². The van der Waals surface area contributed by atoms with E-state index in [1.165, 1.54) is 11.8 Å². The van der Waals surface area contributed by atoms with Gasteiger partial charge in [0.1, 0.15) is 16.2 Å². The summed E-state index contributed by atoms with van der Waals surface area (Å²) in [6, 6.07) is -0.195. The van der Waals surface area contributed by atoms with Gasteiger partial charge in [-0.25, -0.2) is 13.1 Å². The molecule has 0 saturated heterocycles. The molecule has 5 unspecified atom stereocenters. The molecule has 2 bridgehead atoms. The molecule has 2 aliphatic carbocycles. The average Bonchev–Trinajstić information content (AvgIpc) is 3.33. The van der Waals surface area contributed by atoms with E-state index in [-0.39, 0.29) is 52.4 Å². The number of allylic oxidation sites excluding steroid dienone is 1. The molecule has 0 aromatic heterocycles. The molecule has 0 radical (unpaired) electrons. The van der Waals surface area contributed by atoms with Crippen LogP contribution in [0.2, 0.25) is 0 Å². The Kier molecular flexibility index (Phi) is 4.41. The predicted octanol–water partition coefficient (Wildman–Crippen LogP) is -0.468. The first-order chi connectivity index (χ1) is 14.0. The maximum absolute atomic E-state index is 12.9. The number of amides is 1. The van der Waals surface area contributed by atoms with E-state index in [0.29, 0.717) is 10.8 Å². The fourth-order valence-electron chi connectivity index (χ4n) is 4.88. The first-order valence-corrected chi connectivity index (χ1v) is 13.7. The molecule has 4 N–H and O–H groups in total. The summed E-state index contributed by atoms with van der Waals surface area (Å²) in [6.45, 7) is -0.0655. The summed E-state index contributed by atoms with van der Waals surface area (Å²) in [5.41, 5.74) is -0.148. The third-order valence-electron chi connectivity index (χ3n) is 6.13. The first-order valence-electron chi connectivity index (χ1n) is 9.41. The van der Waals surface area contributed by atoms with E-state index in [1.54, 1.807) is 0 Å². The Morgan fingerprint density at radius 3 is 2.80 bits per heavy atom. The van der Waals surface area contributed by atoms with Crippen LogP contribution in [0, 0.1) is 23.7 Å². The monoisotopic (exact) mass is 472 g/mol. The molecule has 0 aromatic rings.